The van der Waals surface area contributed by atoms with Crippen LogP contribution < -0.4 is 4.90 Å². The molecule has 0 aliphatic carbocycles. The first-order valence-electron chi connectivity index (χ1n) is 19.2. The van der Waals surface area contributed by atoms with E-state index in [-0.39, 0.29) is 0 Å². The molecule has 0 spiro atoms. The number of benzene rings is 2. The van der Waals surface area contributed by atoms with Crippen LogP contribution in [0.3, 0.4) is 0 Å². The number of aryl methyl sites for hydroxylation is 2. The van der Waals surface area contributed by atoms with Gasteiger partial charge in [-0.05, 0) is 163 Å². The highest BCUT2D eigenvalue weighted by molar-refractivity contribution is 5.85. The van der Waals surface area contributed by atoms with E-state index in [9.17, 15) is 0 Å². The molecule has 1 saturated heterocycles. The minimum Gasteiger partial charge on any atom is -0.370 e. The monoisotopic (exact) mass is 714 g/mol. The zero-order valence-corrected chi connectivity index (χ0v) is 35.4. The van der Waals surface area contributed by atoms with Gasteiger partial charge < -0.3 is 9.80 Å². The van der Waals surface area contributed by atoms with Crippen LogP contribution in [0.15, 0.2) is 94.6 Å². The van der Waals surface area contributed by atoms with Crippen LogP contribution in [0.2, 0.25) is 0 Å². The molecular formula is C48H67N5. The molecule has 53 heavy (non-hydrogen) atoms. The Labute approximate surface area is 323 Å². The summed E-state index contributed by atoms with van der Waals surface area (Å²) in [7, 11) is 3.99. The summed E-state index contributed by atoms with van der Waals surface area (Å²) >= 11 is 0. The van der Waals surface area contributed by atoms with Gasteiger partial charge in [-0.25, -0.2) is 4.99 Å². The van der Waals surface area contributed by atoms with Crippen LogP contribution in [0, 0.1) is 20.8 Å². The lowest BCUT2D eigenvalue weighted by Gasteiger charge is -2.19. The first-order chi connectivity index (χ1) is 25.2. The van der Waals surface area contributed by atoms with E-state index in [0.717, 1.165) is 65.7 Å². The molecule has 0 N–H and O–H groups in total. The molecule has 0 unspecified atom stereocenters. The molecule has 284 valence electrons. The topological polar surface area (TPSA) is 44.1 Å². The van der Waals surface area contributed by atoms with Crippen LogP contribution in [0.5, 0.6) is 0 Å². The number of aliphatic imine (C=N–C) groups is 2. The maximum Gasteiger partial charge on any atom is 0.101 e. The van der Waals surface area contributed by atoms with Gasteiger partial charge in [0.2, 0.25) is 0 Å². The van der Waals surface area contributed by atoms with Crippen molar-refractivity contribution >= 4 is 46.8 Å². The van der Waals surface area contributed by atoms with E-state index >= 15 is 0 Å². The first kappa shape index (κ1) is 44.4. The number of allylic oxidation sites excluding steroid dienone is 7. The Bertz CT molecular complexity index is 1850. The molecule has 0 atom stereocenters. The Kier molecular flexibility index (Phi) is 18.2. The summed E-state index contributed by atoms with van der Waals surface area (Å²) in [6.45, 7) is 37.2. The number of hydrogen-bond donors (Lipinski definition) is 0. The van der Waals surface area contributed by atoms with Gasteiger partial charge in [0.05, 0.1) is 29.0 Å². The van der Waals surface area contributed by atoms with Crippen molar-refractivity contribution in [3.63, 3.8) is 0 Å². The predicted molar refractivity (Wildman–Crippen MR) is 239 cm³/mol. The molecule has 0 saturated carbocycles. The van der Waals surface area contributed by atoms with E-state index in [1.165, 1.54) is 63.0 Å². The van der Waals surface area contributed by atoms with Crippen molar-refractivity contribution in [2.45, 2.75) is 102 Å². The molecule has 5 heteroatoms. The number of anilines is 1. The number of nitrogens with zero attached hydrogens (tertiary/aromatic N) is 5. The Balaban J connectivity index is 0.000000380. The van der Waals surface area contributed by atoms with Gasteiger partial charge in [0.1, 0.15) is 5.84 Å². The molecule has 4 rings (SSSR count). The Morgan fingerprint density at radius 3 is 2.15 bits per heavy atom. The quantitative estimate of drug-likeness (QED) is 0.113. The molecule has 0 bridgehead atoms. The Hall–Kier alpha value is -4.77. The van der Waals surface area contributed by atoms with Crippen LogP contribution in [-0.4, -0.2) is 49.6 Å². The summed E-state index contributed by atoms with van der Waals surface area (Å²) in [4.78, 5) is 18.0. The van der Waals surface area contributed by atoms with Crippen molar-refractivity contribution in [2.75, 3.05) is 32.1 Å². The standard InChI is InChI=1S/C30H37N.C16H24N4.C2H6/c1-10-25-18-22(6)28(30(19-25)31-9)16-15-26(17-20(3)4)24(8)27(11-2)29-14-12-13-21(5)23(29)7;1-12(2)16-15(18-13(3)19(4)5)10-14(11-17-16)20-8-6-7-9-20;1-2/h10-14,17-19H,1,9,15-16H2,2-8H3;10-11H,1,6-9H2,2-5H3;1-2H3/b26-24-,27-11+;;. The average molecular weight is 714 g/mol. The third-order valence-corrected chi connectivity index (χ3v) is 9.71. The normalized spacial score (nSPS) is 13.2. The molecule has 1 aliphatic rings. The van der Waals surface area contributed by atoms with Gasteiger partial charge in [-0.15, -0.1) is 0 Å². The predicted octanol–water partition coefficient (Wildman–Crippen LogP) is 13.3. The third kappa shape index (κ3) is 12.4. The smallest absolute Gasteiger partial charge is 0.101 e. The molecule has 1 aliphatic heterocycles. The highest BCUT2D eigenvalue weighted by Gasteiger charge is 2.16. The summed E-state index contributed by atoms with van der Waals surface area (Å²) in [5.41, 5.74) is 17.8. The summed E-state index contributed by atoms with van der Waals surface area (Å²) in [5.74, 6) is 0.966. The van der Waals surface area contributed by atoms with E-state index in [0.29, 0.717) is 0 Å². The van der Waals surface area contributed by atoms with Gasteiger partial charge in [0, 0.05) is 27.2 Å². The maximum absolute atomic E-state index is 4.70. The van der Waals surface area contributed by atoms with E-state index in [2.05, 4.69) is 132 Å². The fourth-order valence-electron chi connectivity index (χ4n) is 6.46. The van der Waals surface area contributed by atoms with Gasteiger partial charge in [-0.3, -0.25) is 9.98 Å². The van der Waals surface area contributed by atoms with Crippen molar-refractivity contribution in [3.05, 3.63) is 124 Å². The fraction of sp³-hybridized carbons (Fsp3) is 0.396. The molecule has 1 fully saturated rings. The number of aromatic nitrogens is 1. The lowest BCUT2D eigenvalue weighted by atomic mass is 9.87. The summed E-state index contributed by atoms with van der Waals surface area (Å²) < 4.78 is 0. The zero-order valence-electron chi connectivity index (χ0n) is 35.4. The SMILES string of the molecule is C=C(C)c1ncc(N2CCCC2)cc1N=C(C)N(C)C.C=Cc1cc(C)c(CC/C(C=C(C)C)=C(C)/C(=C\C)c2cccc(C)c2C)c(N=C)c1.CC. The van der Waals surface area contributed by atoms with Crippen LogP contribution in [-0.2, 0) is 6.42 Å². The summed E-state index contributed by atoms with van der Waals surface area (Å²) in [6.07, 6.45) is 12.8. The minimum atomic E-state index is 0.883. The van der Waals surface area contributed by atoms with Crippen LogP contribution >= 0.6 is 0 Å². The van der Waals surface area contributed by atoms with Crippen molar-refractivity contribution in [2.24, 2.45) is 9.98 Å². The molecule has 2 aromatic carbocycles. The van der Waals surface area contributed by atoms with Crippen LogP contribution in [0.25, 0.3) is 17.2 Å². The molecule has 0 radical (unpaired) electrons. The molecule has 3 aromatic rings. The van der Waals surface area contributed by atoms with Gasteiger partial charge >= 0.3 is 0 Å². The number of amidine groups is 1. The van der Waals surface area contributed by atoms with Crippen LogP contribution in [0.4, 0.5) is 17.1 Å². The summed E-state index contributed by atoms with van der Waals surface area (Å²) in [6, 6.07) is 13.0. The average Bonchev–Trinajstić information content (AvgIpc) is 3.68. The van der Waals surface area contributed by atoms with E-state index in [1.807, 2.05) is 59.0 Å². The van der Waals surface area contributed by atoms with Gasteiger partial charge in [-0.2, -0.15) is 0 Å². The van der Waals surface area contributed by atoms with E-state index in [4.69, 9.17) is 4.99 Å². The van der Waals surface area contributed by atoms with Gasteiger partial charge in [0.25, 0.3) is 0 Å². The summed E-state index contributed by atoms with van der Waals surface area (Å²) in [5, 5.41) is 0. The van der Waals surface area contributed by atoms with Crippen molar-refractivity contribution in [1.82, 2.24) is 9.88 Å². The first-order valence-corrected chi connectivity index (χ1v) is 19.2. The largest absolute Gasteiger partial charge is 0.370 e. The van der Waals surface area contributed by atoms with E-state index in [1.54, 1.807) is 0 Å². The second kappa shape index (κ2) is 21.7. The Morgan fingerprint density at radius 1 is 0.943 bits per heavy atom. The van der Waals surface area contributed by atoms with Crippen molar-refractivity contribution < 1.29 is 0 Å². The minimum absolute atomic E-state index is 0.883. The molecule has 5 nitrogen and oxygen atoms in total. The molecule has 0 amide bonds. The lowest BCUT2D eigenvalue weighted by Crippen LogP contribution is -2.19. The number of hydrogen-bond acceptors (Lipinski definition) is 4. The zero-order chi connectivity index (χ0) is 39.8. The number of pyridine rings is 1. The highest BCUT2D eigenvalue weighted by Crippen LogP contribution is 2.34. The van der Waals surface area contributed by atoms with E-state index < -0.39 is 0 Å². The fourth-order valence-corrected chi connectivity index (χ4v) is 6.46. The van der Waals surface area contributed by atoms with Gasteiger partial charge in [0.15, 0.2) is 0 Å². The second-order valence-electron chi connectivity index (χ2n) is 14.1. The van der Waals surface area contributed by atoms with Crippen LogP contribution in [0.1, 0.15) is 114 Å². The number of rotatable bonds is 11. The maximum atomic E-state index is 4.70. The lowest BCUT2D eigenvalue weighted by molar-refractivity contribution is 0.619. The van der Waals surface area contributed by atoms with Crippen molar-refractivity contribution in [1.29, 1.82) is 0 Å². The third-order valence-electron chi connectivity index (χ3n) is 9.71. The Morgan fingerprint density at radius 2 is 1.60 bits per heavy atom. The second-order valence-corrected chi connectivity index (χ2v) is 14.1. The highest BCUT2D eigenvalue weighted by atomic mass is 15.2. The molecule has 1 aromatic heterocycles. The molecule has 2 heterocycles. The molecular weight excluding hydrogens is 647 g/mol. The van der Waals surface area contributed by atoms with Gasteiger partial charge in [-0.1, -0.05) is 75.1 Å². The van der Waals surface area contributed by atoms with Crippen molar-refractivity contribution in [3.8, 4) is 0 Å².